The van der Waals surface area contributed by atoms with Gasteiger partial charge in [-0.05, 0) is 61.4 Å². The molecule has 8 nitrogen and oxygen atoms in total. The molecule has 0 aliphatic rings. The van der Waals surface area contributed by atoms with Gasteiger partial charge in [-0.25, -0.2) is 13.8 Å². The number of ether oxygens (including phenoxy) is 2. The topological polar surface area (TPSA) is 97.3 Å². The fourth-order valence-electron chi connectivity index (χ4n) is 2.56. The van der Waals surface area contributed by atoms with Crippen LogP contribution in [0.2, 0.25) is 0 Å². The van der Waals surface area contributed by atoms with E-state index in [9.17, 15) is 13.2 Å². The lowest BCUT2D eigenvalue weighted by Gasteiger charge is -2.21. The predicted octanol–water partition coefficient (Wildman–Crippen LogP) is 3.55. The van der Waals surface area contributed by atoms with Gasteiger partial charge in [0.2, 0.25) is 10.0 Å². The average molecular weight is 512 g/mol. The molecule has 2 aromatic carbocycles. The molecular formula is C21H26BrN3O5S. The predicted molar refractivity (Wildman–Crippen MR) is 125 cm³/mol. The molecule has 0 radical (unpaired) electrons. The summed E-state index contributed by atoms with van der Waals surface area (Å²) in [6.07, 6.45) is 3.38. The summed E-state index contributed by atoms with van der Waals surface area (Å²) in [5, 5.41) is 3.93. The van der Waals surface area contributed by atoms with Crippen LogP contribution >= 0.6 is 15.9 Å². The number of hydrogen-bond donors (Lipinski definition) is 1. The van der Waals surface area contributed by atoms with Crippen LogP contribution in [-0.2, 0) is 14.8 Å². The summed E-state index contributed by atoms with van der Waals surface area (Å²) in [7, 11) is -3.65. The molecule has 1 N–H and O–H groups in total. The SMILES string of the molecule is CCCOc1ccc(/C=N\NC(=O)CN(c2ccc(Br)cc2)S(C)(=O)=O)cc1OCC. The fourth-order valence-corrected chi connectivity index (χ4v) is 3.68. The zero-order chi connectivity index (χ0) is 22.9. The third-order valence-electron chi connectivity index (χ3n) is 3.93. The maximum atomic E-state index is 12.3. The summed E-state index contributed by atoms with van der Waals surface area (Å²) in [4.78, 5) is 12.3. The van der Waals surface area contributed by atoms with Gasteiger partial charge < -0.3 is 9.47 Å². The first-order valence-corrected chi connectivity index (χ1v) is 12.3. The van der Waals surface area contributed by atoms with Crippen molar-refractivity contribution in [2.75, 3.05) is 30.3 Å². The van der Waals surface area contributed by atoms with Crippen molar-refractivity contribution in [3.8, 4) is 11.5 Å². The number of amides is 1. The Hall–Kier alpha value is -2.59. The van der Waals surface area contributed by atoms with Gasteiger partial charge in [0.25, 0.3) is 5.91 Å². The molecule has 0 atom stereocenters. The van der Waals surface area contributed by atoms with E-state index in [1.165, 1.54) is 6.21 Å². The molecular weight excluding hydrogens is 486 g/mol. The van der Waals surface area contributed by atoms with Gasteiger partial charge in [-0.2, -0.15) is 5.10 Å². The molecule has 0 saturated carbocycles. The smallest absolute Gasteiger partial charge is 0.260 e. The number of halogens is 1. The lowest BCUT2D eigenvalue weighted by molar-refractivity contribution is -0.119. The number of hydrogen-bond acceptors (Lipinski definition) is 6. The summed E-state index contributed by atoms with van der Waals surface area (Å²) >= 11 is 3.30. The highest BCUT2D eigenvalue weighted by atomic mass is 79.9. The van der Waals surface area contributed by atoms with Crippen LogP contribution in [0.1, 0.15) is 25.8 Å². The molecule has 168 valence electrons. The van der Waals surface area contributed by atoms with Crippen molar-refractivity contribution >= 4 is 43.8 Å². The molecule has 0 aromatic heterocycles. The van der Waals surface area contributed by atoms with Crippen LogP contribution in [0.5, 0.6) is 11.5 Å². The van der Waals surface area contributed by atoms with Gasteiger partial charge in [0.15, 0.2) is 11.5 Å². The number of hydrazone groups is 1. The molecule has 31 heavy (non-hydrogen) atoms. The van der Waals surface area contributed by atoms with Crippen molar-refractivity contribution in [3.05, 3.63) is 52.5 Å². The molecule has 0 spiro atoms. The second kappa shape index (κ2) is 11.7. The highest BCUT2D eigenvalue weighted by molar-refractivity contribution is 9.10. The zero-order valence-electron chi connectivity index (χ0n) is 17.7. The van der Waals surface area contributed by atoms with Crippen LogP contribution in [0, 0.1) is 0 Å². The van der Waals surface area contributed by atoms with E-state index in [4.69, 9.17) is 9.47 Å². The van der Waals surface area contributed by atoms with Crippen molar-refractivity contribution < 1.29 is 22.7 Å². The van der Waals surface area contributed by atoms with Gasteiger partial charge >= 0.3 is 0 Å². The van der Waals surface area contributed by atoms with Crippen molar-refractivity contribution in [3.63, 3.8) is 0 Å². The molecule has 0 saturated heterocycles. The number of nitrogens with zero attached hydrogens (tertiary/aromatic N) is 2. The number of benzene rings is 2. The number of rotatable bonds is 11. The van der Waals surface area contributed by atoms with E-state index in [0.717, 1.165) is 21.5 Å². The van der Waals surface area contributed by atoms with Gasteiger partial charge in [-0.3, -0.25) is 9.10 Å². The Kier molecular flexibility index (Phi) is 9.32. The molecule has 2 aromatic rings. The summed E-state index contributed by atoms with van der Waals surface area (Å²) in [5.74, 6) is 0.658. The van der Waals surface area contributed by atoms with Gasteiger partial charge in [-0.1, -0.05) is 22.9 Å². The molecule has 0 heterocycles. The summed E-state index contributed by atoms with van der Waals surface area (Å²) in [6, 6.07) is 11.9. The van der Waals surface area contributed by atoms with Gasteiger partial charge in [0.05, 0.1) is 31.4 Å². The van der Waals surface area contributed by atoms with Crippen LogP contribution in [0.4, 0.5) is 5.69 Å². The minimum Gasteiger partial charge on any atom is -0.490 e. The zero-order valence-corrected chi connectivity index (χ0v) is 20.1. The second-order valence-corrected chi connectivity index (χ2v) is 9.35. The average Bonchev–Trinajstić information content (AvgIpc) is 2.72. The van der Waals surface area contributed by atoms with E-state index in [1.54, 1.807) is 42.5 Å². The highest BCUT2D eigenvalue weighted by Gasteiger charge is 2.20. The molecule has 0 fully saturated rings. The van der Waals surface area contributed by atoms with Crippen molar-refractivity contribution in [2.24, 2.45) is 5.10 Å². The largest absolute Gasteiger partial charge is 0.490 e. The molecule has 2 rings (SSSR count). The minimum absolute atomic E-state index is 0.383. The molecule has 1 amide bonds. The fraction of sp³-hybridized carbons (Fsp3) is 0.333. The normalized spacial score (nSPS) is 11.4. The third-order valence-corrected chi connectivity index (χ3v) is 5.60. The molecule has 10 heteroatoms. The maximum absolute atomic E-state index is 12.3. The van der Waals surface area contributed by atoms with E-state index in [-0.39, 0.29) is 0 Å². The summed E-state index contributed by atoms with van der Waals surface area (Å²) in [6.45, 7) is 4.57. The van der Waals surface area contributed by atoms with E-state index in [0.29, 0.717) is 36.0 Å². The Morgan fingerprint density at radius 1 is 1.13 bits per heavy atom. The number of anilines is 1. The second-order valence-electron chi connectivity index (χ2n) is 6.53. The third kappa shape index (κ3) is 7.87. The Bertz CT molecular complexity index is 1010. The molecule has 0 bridgehead atoms. The molecule has 0 aliphatic heterocycles. The molecule has 0 aliphatic carbocycles. The van der Waals surface area contributed by atoms with E-state index >= 15 is 0 Å². The quantitative estimate of drug-likeness (QED) is 0.367. The monoisotopic (exact) mass is 511 g/mol. The Morgan fingerprint density at radius 2 is 1.84 bits per heavy atom. The number of sulfonamides is 1. The summed E-state index contributed by atoms with van der Waals surface area (Å²) < 4.78 is 37.3. The van der Waals surface area contributed by atoms with Gasteiger partial charge in [0.1, 0.15) is 6.54 Å². The van der Waals surface area contributed by atoms with E-state index in [2.05, 4.69) is 26.5 Å². The van der Waals surface area contributed by atoms with Crippen molar-refractivity contribution in [2.45, 2.75) is 20.3 Å². The lowest BCUT2D eigenvalue weighted by atomic mass is 10.2. The van der Waals surface area contributed by atoms with Gasteiger partial charge in [-0.15, -0.1) is 0 Å². The van der Waals surface area contributed by atoms with E-state index in [1.807, 2.05) is 13.8 Å². The first kappa shape index (κ1) is 24.7. The summed E-state index contributed by atoms with van der Waals surface area (Å²) in [5.41, 5.74) is 3.44. The van der Waals surface area contributed by atoms with Crippen LogP contribution in [0.15, 0.2) is 52.0 Å². The maximum Gasteiger partial charge on any atom is 0.260 e. The Morgan fingerprint density at radius 3 is 2.45 bits per heavy atom. The van der Waals surface area contributed by atoms with E-state index < -0.39 is 22.5 Å². The van der Waals surface area contributed by atoms with Gasteiger partial charge in [0, 0.05) is 4.47 Å². The number of nitrogens with one attached hydrogen (secondary N) is 1. The Labute approximate surface area is 191 Å². The van der Waals surface area contributed by atoms with Crippen LogP contribution in [0.3, 0.4) is 0 Å². The highest BCUT2D eigenvalue weighted by Crippen LogP contribution is 2.28. The van der Waals surface area contributed by atoms with Crippen molar-refractivity contribution in [1.82, 2.24) is 5.43 Å². The Balaban J connectivity index is 2.06. The van der Waals surface area contributed by atoms with Crippen LogP contribution < -0.4 is 19.2 Å². The first-order valence-electron chi connectivity index (χ1n) is 9.69. The van der Waals surface area contributed by atoms with Crippen LogP contribution in [0.25, 0.3) is 0 Å². The number of carbonyl (C=O) groups is 1. The first-order chi connectivity index (χ1) is 14.7. The lowest BCUT2D eigenvalue weighted by Crippen LogP contribution is -2.39. The van der Waals surface area contributed by atoms with Crippen LogP contribution in [-0.4, -0.2) is 46.6 Å². The minimum atomic E-state index is -3.65. The molecule has 0 unspecified atom stereocenters. The number of carbonyl (C=O) groups excluding carboxylic acids is 1. The standard InChI is InChI=1S/C21H26BrN3O5S/c1-4-12-30-19-11-6-16(13-20(19)29-5-2)14-23-24-21(26)15-25(31(3,27)28)18-9-7-17(22)8-10-18/h6-11,13-14H,4-5,12,15H2,1-3H3,(H,24,26)/b23-14-. The van der Waals surface area contributed by atoms with Crippen molar-refractivity contribution in [1.29, 1.82) is 0 Å².